The second kappa shape index (κ2) is 6.36. The zero-order chi connectivity index (χ0) is 17.4. The number of hydrogen-bond acceptors (Lipinski definition) is 8. The molecule has 1 saturated carbocycles. The van der Waals surface area contributed by atoms with Crippen molar-refractivity contribution in [3.63, 3.8) is 0 Å². The molecule has 0 spiro atoms. The van der Waals surface area contributed by atoms with Crippen LogP contribution in [0.15, 0.2) is 31.4 Å². The molecule has 1 N–H and O–H groups in total. The Hall–Kier alpha value is -2.04. The molecule has 4 rings (SSSR count). The fourth-order valence-electron chi connectivity index (χ4n) is 2.23. The van der Waals surface area contributed by atoms with Crippen molar-refractivity contribution in [2.45, 2.75) is 43.7 Å². The van der Waals surface area contributed by atoms with Crippen molar-refractivity contribution in [2.24, 2.45) is 0 Å². The molecule has 1 fully saturated rings. The van der Waals surface area contributed by atoms with Gasteiger partial charge in [-0.3, -0.25) is 0 Å². The van der Waals surface area contributed by atoms with Crippen LogP contribution in [0.25, 0.3) is 11.7 Å². The minimum atomic E-state index is -3.78. The first-order valence-electron chi connectivity index (χ1n) is 7.91. The molecule has 0 amide bonds. The van der Waals surface area contributed by atoms with Crippen molar-refractivity contribution in [1.82, 2.24) is 19.9 Å². The van der Waals surface area contributed by atoms with Gasteiger partial charge in [0.05, 0.1) is 12.2 Å². The number of aromatic nitrogens is 3. The number of furan rings is 1. The van der Waals surface area contributed by atoms with Gasteiger partial charge in [-0.2, -0.15) is 0 Å². The molecule has 10 heteroatoms. The zero-order valence-electron chi connectivity index (χ0n) is 13.4. The predicted molar refractivity (Wildman–Crippen MR) is 89.5 cm³/mol. The van der Waals surface area contributed by atoms with Crippen LogP contribution in [0, 0.1) is 0 Å². The Kier molecular flexibility index (Phi) is 4.18. The average Bonchev–Trinajstić information content (AvgIpc) is 3.06. The highest BCUT2D eigenvalue weighted by Crippen LogP contribution is 2.40. The number of rotatable bonds is 7. The van der Waals surface area contributed by atoms with Gasteiger partial charge in [0.25, 0.3) is 15.9 Å². The standard InChI is InChI=1S/C15H16N4O4S2/c1-2-10-8-24-12(17-10)7-16-25(20,21)13-6-5-11(22-13)15-19-18-14(23-15)9-3-4-9/h5-6,8-9,16H,2-4,7H2,1H3. The highest BCUT2D eigenvalue weighted by molar-refractivity contribution is 7.89. The largest absolute Gasteiger partial charge is 0.438 e. The lowest BCUT2D eigenvalue weighted by atomic mass is 10.4. The van der Waals surface area contributed by atoms with Crippen LogP contribution in [0.3, 0.4) is 0 Å². The van der Waals surface area contributed by atoms with Crippen LogP contribution in [0.5, 0.6) is 0 Å². The Morgan fingerprint density at radius 1 is 1.28 bits per heavy atom. The van der Waals surface area contributed by atoms with E-state index in [4.69, 9.17) is 8.83 Å². The normalized spacial score (nSPS) is 14.9. The van der Waals surface area contributed by atoms with Crippen LogP contribution in [0.1, 0.15) is 42.3 Å². The molecule has 0 unspecified atom stereocenters. The van der Waals surface area contributed by atoms with E-state index in [9.17, 15) is 8.42 Å². The van der Waals surface area contributed by atoms with E-state index in [0.717, 1.165) is 25.0 Å². The van der Waals surface area contributed by atoms with Gasteiger partial charge in [0.1, 0.15) is 5.01 Å². The molecule has 0 atom stereocenters. The van der Waals surface area contributed by atoms with E-state index >= 15 is 0 Å². The number of hydrogen-bond donors (Lipinski definition) is 1. The molecule has 0 saturated heterocycles. The Balaban J connectivity index is 1.47. The summed E-state index contributed by atoms with van der Waals surface area (Å²) in [5.74, 6) is 1.33. The lowest BCUT2D eigenvalue weighted by molar-refractivity contribution is 0.431. The van der Waals surface area contributed by atoms with Gasteiger partial charge in [0.2, 0.25) is 11.0 Å². The highest BCUT2D eigenvalue weighted by Gasteiger charge is 2.30. The maximum Gasteiger partial charge on any atom is 0.283 e. The summed E-state index contributed by atoms with van der Waals surface area (Å²) in [5.41, 5.74) is 0.947. The van der Waals surface area contributed by atoms with E-state index < -0.39 is 10.0 Å². The van der Waals surface area contributed by atoms with Crippen LogP contribution in [0.2, 0.25) is 0 Å². The summed E-state index contributed by atoms with van der Waals surface area (Å²) >= 11 is 1.42. The molecule has 0 bridgehead atoms. The molecule has 1 aliphatic rings. The summed E-state index contributed by atoms with van der Waals surface area (Å²) in [7, 11) is -3.78. The molecule has 0 aromatic carbocycles. The van der Waals surface area contributed by atoms with E-state index in [1.54, 1.807) is 0 Å². The van der Waals surface area contributed by atoms with Crippen molar-refractivity contribution in [3.05, 3.63) is 34.1 Å². The van der Waals surface area contributed by atoms with Gasteiger partial charge in [-0.25, -0.2) is 18.1 Å². The first-order valence-corrected chi connectivity index (χ1v) is 10.3. The summed E-state index contributed by atoms with van der Waals surface area (Å²) in [6.07, 6.45) is 2.90. The predicted octanol–water partition coefficient (Wildman–Crippen LogP) is 2.70. The first-order chi connectivity index (χ1) is 12.0. The molecule has 25 heavy (non-hydrogen) atoms. The third-order valence-electron chi connectivity index (χ3n) is 3.80. The van der Waals surface area contributed by atoms with Crippen molar-refractivity contribution >= 4 is 21.4 Å². The molecule has 0 aliphatic heterocycles. The first kappa shape index (κ1) is 16.4. The van der Waals surface area contributed by atoms with E-state index in [0.29, 0.717) is 16.8 Å². The quantitative estimate of drug-likeness (QED) is 0.671. The van der Waals surface area contributed by atoms with Gasteiger partial charge in [-0.15, -0.1) is 21.5 Å². The second-order valence-electron chi connectivity index (χ2n) is 5.75. The summed E-state index contributed by atoms with van der Waals surface area (Å²) in [5, 5.41) is 10.3. The smallest absolute Gasteiger partial charge is 0.283 e. The van der Waals surface area contributed by atoms with Gasteiger partial charge in [-0.05, 0) is 31.4 Å². The van der Waals surface area contributed by atoms with Crippen LogP contribution >= 0.6 is 11.3 Å². The van der Waals surface area contributed by atoms with E-state index in [2.05, 4.69) is 19.9 Å². The number of aryl methyl sites for hydroxylation is 1. The van der Waals surface area contributed by atoms with Crippen molar-refractivity contribution < 1.29 is 17.3 Å². The van der Waals surface area contributed by atoms with Gasteiger partial charge >= 0.3 is 0 Å². The highest BCUT2D eigenvalue weighted by atomic mass is 32.2. The lowest BCUT2D eigenvalue weighted by Crippen LogP contribution is -2.22. The number of nitrogens with one attached hydrogen (secondary N) is 1. The Bertz CT molecular complexity index is 985. The van der Waals surface area contributed by atoms with Gasteiger partial charge in [0, 0.05) is 11.3 Å². The van der Waals surface area contributed by atoms with E-state index in [1.807, 2.05) is 12.3 Å². The summed E-state index contributed by atoms with van der Waals surface area (Å²) in [6.45, 7) is 2.12. The maximum absolute atomic E-state index is 12.4. The maximum atomic E-state index is 12.4. The van der Waals surface area contributed by atoms with Gasteiger partial charge < -0.3 is 8.83 Å². The van der Waals surface area contributed by atoms with E-state index in [-0.39, 0.29) is 23.3 Å². The van der Waals surface area contributed by atoms with Crippen LogP contribution in [0.4, 0.5) is 0 Å². The Morgan fingerprint density at radius 3 is 2.84 bits per heavy atom. The molecule has 3 heterocycles. The Labute approximate surface area is 148 Å². The van der Waals surface area contributed by atoms with E-state index in [1.165, 1.54) is 23.5 Å². The zero-order valence-corrected chi connectivity index (χ0v) is 15.1. The summed E-state index contributed by atoms with van der Waals surface area (Å²) in [6, 6.07) is 2.88. The van der Waals surface area contributed by atoms with Crippen LogP contribution in [-0.4, -0.2) is 23.6 Å². The molecule has 8 nitrogen and oxygen atoms in total. The van der Waals surface area contributed by atoms with Gasteiger partial charge in [-0.1, -0.05) is 6.92 Å². The Morgan fingerprint density at radius 2 is 2.12 bits per heavy atom. The topological polar surface area (TPSA) is 111 Å². The monoisotopic (exact) mass is 380 g/mol. The summed E-state index contributed by atoms with van der Waals surface area (Å²) < 4.78 is 38.1. The minimum Gasteiger partial charge on any atom is -0.438 e. The molecule has 1 aliphatic carbocycles. The molecule has 0 radical (unpaired) electrons. The number of sulfonamides is 1. The fraction of sp³-hybridized carbons (Fsp3) is 0.400. The molecule has 132 valence electrons. The molecular formula is C15H16N4O4S2. The third kappa shape index (κ3) is 3.51. The second-order valence-corrected chi connectivity index (χ2v) is 8.39. The lowest BCUT2D eigenvalue weighted by Gasteiger charge is -2.01. The summed E-state index contributed by atoms with van der Waals surface area (Å²) in [4.78, 5) is 4.33. The molecular weight excluding hydrogens is 364 g/mol. The third-order valence-corrected chi connectivity index (χ3v) is 5.97. The SMILES string of the molecule is CCc1csc(CNS(=O)(=O)c2ccc(-c3nnc(C4CC4)o3)o2)n1. The van der Waals surface area contributed by atoms with Crippen LogP contribution < -0.4 is 4.72 Å². The molecule has 3 aromatic heterocycles. The number of thiazole rings is 1. The van der Waals surface area contributed by atoms with Crippen LogP contribution in [-0.2, 0) is 23.0 Å². The average molecular weight is 380 g/mol. The van der Waals surface area contributed by atoms with Gasteiger partial charge in [0.15, 0.2) is 5.76 Å². The number of nitrogens with zero attached hydrogens (tertiary/aromatic N) is 3. The minimum absolute atomic E-state index is 0.120. The van der Waals surface area contributed by atoms with Crippen molar-refractivity contribution in [1.29, 1.82) is 0 Å². The fourth-order valence-corrected chi connectivity index (χ4v) is 4.05. The van der Waals surface area contributed by atoms with Crippen molar-refractivity contribution in [3.8, 4) is 11.7 Å². The van der Waals surface area contributed by atoms with Crippen molar-refractivity contribution in [2.75, 3.05) is 0 Å². The molecule has 3 aromatic rings.